The highest BCUT2D eigenvalue weighted by Gasteiger charge is 2.12. The van der Waals surface area contributed by atoms with Crippen molar-refractivity contribution >= 4 is 75.3 Å². The van der Waals surface area contributed by atoms with Gasteiger partial charge in [-0.05, 0) is 66.8 Å². The first-order valence-corrected chi connectivity index (χ1v) is 11.8. The molecule has 0 amide bonds. The largest absolute Gasteiger partial charge is 0.338 e. The van der Waals surface area contributed by atoms with Gasteiger partial charge < -0.3 is 15.2 Å². The Labute approximate surface area is 209 Å². The standard InChI is InChI=1S/C22H15Cl3N4OS2/c23-14-7-5-13(6-8-14)21-28-20(30-29-21)12-32-19-4-2-1-3-17(19)26-22(31)27-18-11-15(24)9-10-16(18)25/h1-11H,12H2,(H2,26,27,31). The molecule has 3 aromatic carbocycles. The highest BCUT2D eigenvalue weighted by molar-refractivity contribution is 7.98. The minimum atomic E-state index is 0.394. The van der Waals surface area contributed by atoms with E-state index in [1.54, 1.807) is 42.1 Å². The van der Waals surface area contributed by atoms with Crippen LogP contribution >= 0.6 is 58.8 Å². The Bertz CT molecular complexity index is 1250. The number of hydrogen-bond donors (Lipinski definition) is 2. The van der Waals surface area contributed by atoms with E-state index in [4.69, 9.17) is 51.5 Å². The summed E-state index contributed by atoms with van der Waals surface area (Å²) in [4.78, 5) is 5.43. The summed E-state index contributed by atoms with van der Waals surface area (Å²) in [6, 6.07) is 20.2. The Hall–Kier alpha value is -2.29. The van der Waals surface area contributed by atoms with Crippen LogP contribution in [0.25, 0.3) is 11.4 Å². The molecule has 0 saturated heterocycles. The van der Waals surface area contributed by atoms with Crippen LogP contribution in [0.15, 0.2) is 76.1 Å². The minimum absolute atomic E-state index is 0.394. The molecule has 0 unspecified atom stereocenters. The molecule has 1 heterocycles. The van der Waals surface area contributed by atoms with Crippen molar-refractivity contribution in [3.63, 3.8) is 0 Å². The molecule has 2 N–H and O–H groups in total. The number of thioether (sulfide) groups is 1. The average molecular weight is 522 g/mol. The molecule has 0 saturated carbocycles. The lowest BCUT2D eigenvalue weighted by molar-refractivity contribution is 0.391. The molecule has 0 fully saturated rings. The highest BCUT2D eigenvalue weighted by Crippen LogP contribution is 2.31. The number of nitrogens with one attached hydrogen (secondary N) is 2. The van der Waals surface area contributed by atoms with Gasteiger partial charge in [-0.15, -0.1) is 11.8 Å². The second kappa shape index (κ2) is 10.6. The predicted octanol–water partition coefficient (Wildman–Crippen LogP) is 7.80. The maximum atomic E-state index is 6.20. The Morgan fingerprint density at radius 3 is 2.44 bits per heavy atom. The molecule has 0 aliphatic rings. The SMILES string of the molecule is S=C(Nc1cc(Cl)ccc1Cl)Nc1ccccc1SCc1nc(-c2ccc(Cl)cc2)no1. The summed E-state index contributed by atoms with van der Waals surface area (Å²) in [5.41, 5.74) is 2.31. The molecule has 162 valence electrons. The monoisotopic (exact) mass is 520 g/mol. The number of hydrogen-bond acceptors (Lipinski definition) is 5. The van der Waals surface area contributed by atoms with E-state index in [2.05, 4.69) is 20.8 Å². The Kier molecular flexibility index (Phi) is 7.55. The van der Waals surface area contributed by atoms with Crippen molar-refractivity contribution in [3.05, 3.63) is 87.7 Å². The van der Waals surface area contributed by atoms with Crippen LogP contribution in [0.1, 0.15) is 5.89 Å². The lowest BCUT2D eigenvalue weighted by atomic mass is 10.2. The third kappa shape index (κ3) is 5.94. The van der Waals surface area contributed by atoms with Gasteiger partial charge in [-0.2, -0.15) is 4.98 Å². The van der Waals surface area contributed by atoms with E-state index in [9.17, 15) is 0 Å². The van der Waals surface area contributed by atoms with Crippen molar-refractivity contribution in [3.8, 4) is 11.4 Å². The van der Waals surface area contributed by atoms with Crippen LogP contribution in [-0.2, 0) is 5.75 Å². The molecule has 0 radical (unpaired) electrons. The van der Waals surface area contributed by atoms with Gasteiger partial charge in [0.1, 0.15) is 0 Å². The summed E-state index contributed by atoms with van der Waals surface area (Å²) >= 11 is 25.2. The van der Waals surface area contributed by atoms with Gasteiger partial charge in [-0.1, -0.05) is 52.1 Å². The number of halogens is 3. The van der Waals surface area contributed by atoms with Crippen LogP contribution in [0.2, 0.25) is 15.1 Å². The predicted molar refractivity (Wildman–Crippen MR) is 137 cm³/mol. The fraction of sp³-hybridized carbons (Fsp3) is 0.0455. The first kappa shape index (κ1) is 22.9. The van der Waals surface area contributed by atoms with Crippen molar-refractivity contribution in [2.24, 2.45) is 0 Å². The fourth-order valence-corrected chi connectivity index (χ4v) is 4.26. The van der Waals surface area contributed by atoms with Gasteiger partial charge >= 0.3 is 0 Å². The number of benzene rings is 3. The zero-order chi connectivity index (χ0) is 22.5. The Balaban J connectivity index is 1.41. The van der Waals surface area contributed by atoms with Gasteiger partial charge in [0.05, 0.1) is 22.2 Å². The second-order valence-corrected chi connectivity index (χ2v) is 9.21. The van der Waals surface area contributed by atoms with Crippen LogP contribution in [0.4, 0.5) is 11.4 Å². The van der Waals surface area contributed by atoms with E-state index in [0.29, 0.717) is 43.3 Å². The summed E-state index contributed by atoms with van der Waals surface area (Å²) < 4.78 is 5.39. The van der Waals surface area contributed by atoms with Crippen molar-refractivity contribution in [2.45, 2.75) is 10.6 Å². The van der Waals surface area contributed by atoms with E-state index < -0.39 is 0 Å². The van der Waals surface area contributed by atoms with Gasteiger partial charge in [0.15, 0.2) is 5.11 Å². The van der Waals surface area contributed by atoms with E-state index >= 15 is 0 Å². The third-order valence-corrected chi connectivity index (χ3v) is 6.31. The zero-order valence-electron chi connectivity index (χ0n) is 16.3. The van der Waals surface area contributed by atoms with Crippen LogP contribution in [0.5, 0.6) is 0 Å². The zero-order valence-corrected chi connectivity index (χ0v) is 20.2. The van der Waals surface area contributed by atoms with Gasteiger partial charge in [0.25, 0.3) is 0 Å². The molecule has 4 rings (SSSR count). The van der Waals surface area contributed by atoms with Gasteiger partial charge in [-0.3, -0.25) is 0 Å². The molecule has 32 heavy (non-hydrogen) atoms. The summed E-state index contributed by atoms with van der Waals surface area (Å²) in [6.07, 6.45) is 0. The quantitative estimate of drug-likeness (QED) is 0.198. The van der Waals surface area contributed by atoms with Crippen molar-refractivity contribution < 1.29 is 4.52 Å². The lowest BCUT2D eigenvalue weighted by Crippen LogP contribution is -2.19. The van der Waals surface area contributed by atoms with E-state index in [1.807, 2.05) is 36.4 Å². The van der Waals surface area contributed by atoms with Crippen LogP contribution in [0.3, 0.4) is 0 Å². The number of anilines is 2. The number of aromatic nitrogens is 2. The van der Waals surface area contributed by atoms with Gasteiger partial charge in [-0.25, -0.2) is 0 Å². The molecular formula is C22H15Cl3N4OS2. The van der Waals surface area contributed by atoms with E-state index in [1.165, 1.54) is 0 Å². The smallest absolute Gasteiger partial charge is 0.237 e. The first-order valence-electron chi connectivity index (χ1n) is 9.31. The van der Waals surface area contributed by atoms with Crippen LogP contribution < -0.4 is 10.6 Å². The van der Waals surface area contributed by atoms with E-state index in [0.717, 1.165) is 16.1 Å². The molecule has 4 aromatic rings. The number of para-hydroxylation sites is 1. The molecule has 0 aliphatic carbocycles. The number of nitrogens with zero attached hydrogens (tertiary/aromatic N) is 2. The molecule has 0 aliphatic heterocycles. The normalized spacial score (nSPS) is 10.7. The second-order valence-electron chi connectivity index (χ2n) is 6.51. The first-order chi connectivity index (χ1) is 15.5. The molecule has 5 nitrogen and oxygen atoms in total. The maximum Gasteiger partial charge on any atom is 0.237 e. The van der Waals surface area contributed by atoms with Crippen molar-refractivity contribution in [2.75, 3.05) is 10.6 Å². The molecule has 0 spiro atoms. The van der Waals surface area contributed by atoms with Gasteiger partial charge in [0, 0.05) is 20.5 Å². The fourth-order valence-electron chi connectivity index (χ4n) is 2.73. The lowest BCUT2D eigenvalue weighted by Gasteiger charge is -2.14. The van der Waals surface area contributed by atoms with E-state index in [-0.39, 0.29) is 0 Å². The summed E-state index contributed by atoms with van der Waals surface area (Å²) in [6.45, 7) is 0. The van der Waals surface area contributed by atoms with Crippen LogP contribution in [-0.4, -0.2) is 15.3 Å². The summed E-state index contributed by atoms with van der Waals surface area (Å²) in [5, 5.41) is 12.5. The molecule has 1 aromatic heterocycles. The average Bonchev–Trinajstić information content (AvgIpc) is 3.25. The number of thiocarbonyl (C=S) groups is 1. The van der Waals surface area contributed by atoms with Gasteiger partial charge in [0.2, 0.25) is 11.7 Å². The minimum Gasteiger partial charge on any atom is -0.338 e. The molecular weight excluding hydrogens is 507 g/mol. The Morgan fingerprint density at radius 1 is 0.906 bits per heavy atom. The topological polar surface area (TPSA) is 63.0 Å². The molecule has 0 bridgehead atoms. The molecule has 0 atom stereocenters. The summed E-state index contributed by atoms with van der Waals surface area (Å²) in [7, 11) is 0. The summed E-state index contributed by atoms with van der Waals surface area (Å²) in [5.74, 6) is 1.54. The Morgan fingerprint density at radius 2 is 1.62 bits per heavy atom. The molecule has 10 heteroatoms. The highest BCUT2D eigenvalue weighted by atomic mass is 35.5. The van der Waals surface area contributed by atoms with Crippen molar-refractivity contribution in [1.29, 1.82) is 0 Å². The van der Waals surface area contributed by atoms with Crippen molar-refractivity contribution in [1.82, 2.24) is 10.1 Å². The maximum absolute atomic E-state index is 6.20. The number of rotatable bonds is 6. The van der Waals surface area contributed by atoms with Crippen LogP contribution in [0, 0.1) is 0 Å². The third-order valence-electron chi connectivity index (χ3n) is 4.23.